The summed E-state index contributed by atoms with van der Waals surface area (Å²) in [4.78, 5) is 4.43. The molecule has 18 heavy (non-hydrogen) atoms. The number of nitrogens with zero attached hydrogens (tertiary/aromatic N) is 2. The van der Waals surface area contributed by atoms with Gasteiger partial charge in [0.2, 0.25) is 0 Å². The van der Waals surface area contributed by atoms with Gasteiger partial charge in [0.1, 0.15) is 11.6 Å². The summed E-state index contributed by atoms with van der Waals surface area (Å²) in [5, 5.41) is 0.690. The summed E-state index contributed by atoms with van der Waals surface area (Å²) in [6.07, 6.45) is 3.69. The maximum atomic E-state index is 6.01. The summed E-state index contributed by atoms with van der Waals surface area (Å²) in [5.74, 6) is 1.70. The lowest BCUT2D eigenvalue weighted by molar-refractivity contribution is 0.415. The maximum absolute atomic E-state index is 6.01. The highest BCUT2D eigenvalue weighted by Crippen LogP contribution is 2.23. The zero-order valence-electron chi connectivity index (χ0n) is 9.80. The van der Waals surface area contributed by atoms with Crippen LogP contribution in [0.15, 0.2) is 48.8 Å². The van der Waals surface area contributed by atoms with Crippen molar-refractivity contribution < 1.29 is 4.74 Å². The third kappa shape index (κ3) is 1.83. The number of benzene rings is 1. The van der Waals surface area contributed by atoms with Crippen molar-refractivity contribution in [3.05, 3.63) is 53.8 Å². The molecule has 0 aliphatic carbocycles. The van der Waals surface area contributed by atoms with Gasteiger partial charge < -0.3 is 4.74 Å². The Balaban J connectivity index is 2.15. The highest BCUT2D eigenvalue weighted by atomic mass is 35.5. The van der Waals surface area contributed by atoms with Crippen LogP contribution in [0.25, 0.3) is 16.9 Å². The molecule has 0 fully saturated rings. The fraction of sp³-hybridized carbons (Fsp3) is 0.0714. The molecule has 0 bridgehead atoms. The minimum absolute atomic E-state index is 0.690. The summed E-state index contributed by atoms with van der Waals surface area (Å²) in [6, 6.07) is 11.6. The summed E-state index contributed by atoms with van der Waals surface area (Å²) in [5.41, 5.74) is 2.04. The van der Waals surface area contributed by atoms with Crippen LogP contribution in [-0.2, 0) is 0 Å². The minimum Gasteiger partial charge on any atom is -0.497 e. The molecule has 0 unspecified atom stereocenters. The van der Waals surface area contributed by atoms with Gasteiger partial charge in [0.25, 0.3) is 0 Å². The quantitative estimate of drug-likeness (QED) is 0.701. The average Bonchev–Trinajstić information content (AvgIpc) is 2.82. The maximum Gasteiger partial charge on any atom is 0.144 e. The Labute approximate surface area is 110 Å². The van der Waals surface area contributed by atoms with E-state index in [1.165, 1.54) is 0 Å². The third-order valence-corrected chi connectivity index (χ3v) is 3.06. The van der Waals surface area contributed by atoms with Gasteiger partial charge in [-0.05, 0) is 36.4 Å². The van der Waals surface area contributed by atoms with Gasteiger partial charge in [-0.15, -0.1) is 0 Å². The lowest BCUT2D eigenvalue weighted by atomic mass is 10.2. The van der Waals surface area contributed by atoms with Gasteiger partial charge in [-0.3, -0.25) is 4.40 Å². The third-order valence-electron chi connectivity index (χ3n) is 2.84. The standard InChI is InChI=1S/C14H11ClN2O/c1-18-13-6-2-10(3-7-13)14-16-8-12-5-4-11(15)9-17(12)14/h2-9H,1H3. The van der Waals surface area contributed by atoms with Gasteiger partial charge >= 0.3 is 0 Å². The SMILES string of the molecule is COc1ccc(-c2ncc3ccc(Cl)cn23)cc1. The van der Waals surface area contributed by atoms with Gasteiger partial charge in [-0.1, -0.05) is 11.6 Å². The van der Waals surface area contributed by atoms with E-state index in [2.05, 4.69) is 4.98 Å². The highest BCUT2D eigenvalue weighted by Gasteiger charge is 2.06. The van der Waals surface area contributed by atoms with Crippen LogP contribution in [0.5, 0.6) is 5.75 Å². The van der Waals surface area contributed by atoms with E-state index in [1.807, 2.05) is 53.2 Å². The lowest BCUT2D eigenvalue weighted by Gasteiger charge is -2.03. The van der Waals surface area contributed by atoms with Crippen LogP contribution >= 0.6 is 11.6 Å². The van der Waals surface area contributed by atoms with Crippen molar-refractivity contribution in [3.63, 3.8) is 0 Å². The molecule has 2 heterocycles. The van der Waals surface area contributed by atoms with Crippen molar-refractivity contribution in [1.82, 2.24) is 9.38 Å². The fourth-order valence-corrected chi connectivity index (χ4v) is 2.08. The van der Waals surface area contributed by atoms with E-state index in [-0.39, 0.29) is 0 Å². The van der Waals surface area contributed by atoms with Crippen molar-refractivity contribution in [2.45, 2.75) is 0 Å². The van der Waals surface area contributed by atoms with Crippen LogP contribution in [0, 0.1) is 0 Å². The summed E-state index contributed by atoms with van der Waals surface area (Å²) >= 11 is 6.01. The number of methoxy groups -OCH3 is 1. The normalized spacial score (nSPS) is 10.8. The Morgan fingerprint density at radius 3 is 2.61 bits per heavy atom. The lowest BCUT2D eigenvalue weighted by Crippen LogP contribution is -1.89. The molecule has 3 nitrogen and oxygen atoms in total. The first-order valence-corrected chi connectivity index (χ1v) is 5.93. The number of fused-ring (bicyclic) bond motifs is 1. The molecule has 0 N–H and O–H groups in total. The summed E-state index contributed by atoms with van der Waals surface area (Å²) in [7, 11) is 1.65. The van der Waals surface area contributed by atoms with Crippen molar-refractivity contribution in [3.8, 4) is 17.1 Å². The molecule has 2 aromatic heterocycles. The van der Waals surface area contributed by atoms with Crippen LogP contribution in [-0.4, -0.2) is 16.5 Å². The van der Waals surface area contributed by atoms with Gasteiger partial charge in [0.15, 0.2) is 0 Å². The van der Waals surface area contributed by atoms with Gasteiger partial charge in [-0.25, -0.2) is 4.98 Å². The molecule has 0 saturated carbocycles. The first-order chi connectivity index (χ1) is 8.78. The predicted molar refractivity (Wildman–Crippen MR) is 72.2 cm³/mol. The van der Waals surface area contributed by atoms with E-state index < -0.39 is 0 Å². The number of hydrogen-bond donors (Lipinski definition) is 0. The monoisotopic (exact) mass is 258 g/mol. The molecule has 0 amide bonds. The fourth-order valence-electron chi connectivity index (χ4n) is 1.92. The average molecular weight is 259 g/mol. The highest BCUT2D eigenvalue weighted by molar-refractivity contribution is 6.30. The molecule has 0 spiro atoms. The van der Waals surface area contributed by atoms with E-state index in [9.17, 15) is 0 Å². The van der Waals surface area contributed by atoms with Crippen molar-refractivity contribution in [1.29, 1.82) is 0 Å². The van der Waals surface area contributed by atoms with Crippen molar-refractivity contribution in [2.75, 3.05) is 7.11 Å². The number of pyridine rings is 1. The van der Waals surface area contributed by atoms with Gasteiger partial charge in [0, 0.05) is 11.8 Å². The molecule has 3 rings (SSSR count). The second-order valence-corrected chi connectivity index (χ2v) is 4.39. The number of hydrogen-bond acceptors (Lipinski definition) is 2. The van der Waals surface area contributed by atoms with Crippen molar-refractivity contribution in [2.24, 2.45) is 0 Å². The molecule has 1 aromatic carbocycles. The molecule has 0 atom stereocenters. The Kier molecular flexibility index (Phi) is 2.68. The largest absolute Gasteiger partial charge is 0.497 e. The van der Waals surface area contributed by atoms with E-state index in [0.717, 1.165) is 22.7 Å². The molecule has 90 valence electrons. The van der Waals surface area contributed by atoms with Crippen LogP contribution in [0.1, 0.15) is 0 Å². The Morgan fingerprint density at radius 2 is 1.89 bits per heavy atom. The Morgan fingerprint density at radius 1 is 1.11 bits per heavy atom. The number of aromatic nitrogens is 2. The van der Waals surface area contributed by atoms with Gasteiger partial charge in [0.05, 0.1) is 23.8 Å². The Bertz CT molecular complexity index is 689. The summed E-state index contributed by atoms with van der Waals surface area (Å²) < 4.78 is 7.12. The van der Waals surface area contributed by atoms with Crippen LogP contribution in [0.4, 0.5) is 0 Å². The molecule has 0 radical (unpaired) electrons. The van der Waals surface area contributed by atoms with Crippen LogP contribution < -0.4 is 4.74 Å². The van der Waals surface area contributed by atoms with Gasteiger partial charge in [-0.2, -0.15) is 0 Å². The smallest absolute Gasteiger partial charge is 0.144 e. The van der Waals surface area contributed by atoms with E-state index in [1.54, 1.807) is 7.11 Å². The van der Waals surface area contributed by atoms with E-state index in [0.29, 0.717) is 5.02 Å². The van der Waals surface area contributed by atoms with E-state index in [4.69, 9.17) is 16.3 Å². The molecule has 3 aromatic rings. The first-order valence-electron chi connectivity index (χ1n) is 5.55. The molecule has 4 heteroatoms. The number of rotatable bonds is 2. The minimum atomic E-state index is 0.690. The molecular formula is C14H11ClN2O. The molecular weight excluding hydrogens is 248 g/mol. The second kappa shape index (κ2) is 4.35. The number of ether oxygens (including phenoxy) is 1. The second-order valence-electron chi connectivity index (χ2n) is 3.95. The number of halogens is 1. The zero-order valence-corrected chi connectivity index (χ0v) is 10.6. The predicted octanol–water partition coefficient (Wildman–Crippen LogP) is 3.66. The molecule has 0 saturated heterocycles. The zero-order chi connectivity index (χ0) is 12.5. The topological polar surface area (TPSA) is 26.5 Å². The van der Waals surface area contributed by atoms with E-state index >= 15 is 0 Å². The first kappa shape index (κ1) is 11.1. The van der Waals surface area contributed by atoms with Crippen molar-refractivity contribution >= 4 is 17.1 Å². The van der Waals surface area contributed by atoms with Crippen LogP contribution in [0.3, 0.4) is 0 Å². The molecule has 0 aliphatic heterocycles. The van der Waals surface area contributed by atoms with Crippen LogP contribution in [0.2, 0.25) is 5.02 Å². The summed E-state index contributed by atoms with van der Waals surface area (Å²) in [6.45, 7) is 0. The molecule has 0 aliphatic rings. The number of imidazole rings is 1. The Hall–Kier alpha value is -2.00.